The molecule has 1 amide bonds. The van der Waals surface area contributed by atoms with E-state index in [-0.39, 0.29) is 11.4 Å². The number of hydrogen-bond donors (Lipinski definition) is 0. The van der Waals surface area contributed by atoms with Gasteiger partial charge in [0, 0.05) is 31.6 Å². The highest BCUT2D eigenvalue weighted by atomic mass is 19.1. The summed E-state index contributed by atoms with van der Waals surface area (Å²) in [5.74, 6) is 0.949. The van der Waals surface area contributed by atoms with Crippen LogP contribution in [0.4, 0.5) is 4.39 Å². The van der Waals surface area contributed by atoms with Crippen molar-refractivity contribution in [1.82, 2.24) is 9.80 Å². The van der Waals surface area contributed by atoms with Crippen molar-refractivity contribution in [2.45, 2.75) is 50.6 Å². The lowest BCUT2D eigenvalue weighted by Crippen LogP contribution is -2.56. The van der Waals surface area contributed by atoms with Gasteiger partial charge in [0.25, 0.3) is 0 Å². The highest BCUT2D eigenvalue weighted by molar-refractivity contribution is 5.80. The quantitative estimate of drug-likeness (QED) is 0.852. The molecule has 1 aromatic carbocycles. The Morgan fingerprint density at radius 3 is 2.83 bits per heavy atom. The molecule has 1 atom stereocenters. The predicted octanol–water partition coefficient (Wildman–Crippen LogP) is 3.19. The van der Waals surface area contributed by atoms with E-state index < -0.39 is 0 Å². The molecule has 3 nitrogen and oxygen atoms in total. The molecule has 0 radical (unpaired) electrons. The third-order valence-corrected chi connectivity index (χ3v) is 5.80. The highest BCUT2D eigenvalue weighted by Gasteiger charge is 2.48. The Labute approximate surface area is 137 Å². The number of nitrogens with zero attached hydrogens (tertiary/aromatic N) is 2. The number of hydrogen-bond acceptors (Lipinski definition) is 2. The third-order valence-electron chi connectivity index (χ3n) is 5.80. The summed E-state index contributed by atoms with van der Waals surface area (Å²) in [4.78, 5) is 16.9. The fourth-order valence-corrected chi connectivity index (χ4v) is 4.36. The average molecular weight is 316 g/mol. The van der Waals surface area contributed by atoms with Crippen molar-refractivity contribution in [3.63, 3.8) is 0 Å². The average Bonchev–Trinajstić information content (AvgIpc) is 3.32. The van der Waals surface area contributed by atoms with Crippen molar-refractivity contribution in [2.75, 3.05) is 19.6 Å². The van der Waals surface area contributed by atoms with Crippen molar-refractivity contribution in [3.05, 3.63) is 35.6 Å². The lowest BCUT2D eigenvalue weighted by atomic mass is 9.86. The van der Waals surface area contributed by atoms with Crippen LogP contribution in [0, 0.1) is 11.7 Å². The SMILES string of the molecule is O=C1CCC2(CCCN(Cc3ccccc3F)C2)N1CC1CC1. The van der Waals surface area contributed by atoms with Crippen molar-refractivity contribution in [3.8, 4) is 0 Å². The van der Waals surface area contributed by atoms with Crippen LogP contribution in [0.2, 0.25) is 0 Å². The van der Waals surface area contributed by atoms with Crippen LogP contribution in [0.25, 0.3) is 0 Å². The maximum atomic E-state index is 13.9. The molecule has 1 aromatic rings. The lowest BCUT2D eigenvalue weighted by molar-refractivity contribution is -0.133. The molecule has 23 heavy (non-hydrogen) atoms. The molecule has 1 spiro atoms. The lowest BCUT2D eigenvalue weighted by Gasteiger charge is -2.46. The van der Waals surface area contributed by atoms with E-state index in [1.807, 2.05) is 12.1 Å². The van der Waals surface area contributed by atoms with Crippen LogP contribution in [0.1, 0.15) is 44.1 Å². The normalized spacial score (nSPS) is 28.7. The Hall–Kier alpha value is -1.42. The molecule has 2 saturated heterocycles. The topological polar surface area (TPSA) is 23.6 Å². The molecule has 2 heterocycles. The Bertz CT molecular complexity index is 601. The minimum atomic E-state index is -0.121. The zero-order valence-corrected chi connectivity index (χ0v) is 13.6. The van der Waals surface area contributed by atoms with Gasteiger partial charge in [-0.25, -0.2) is 4.39 Å². The Balaban J connectivity index is 1.49. The molecule has 4 heteroatoms. The van der Waals surface area contributed by atoms with Crippen LogP contribution < -0.4 is 0 Å². The van der Waals surface area contributed by atoms with Crippen LogP contribution in [0.3, 0.4) is 0 Å². The van der Waals surface area contributed by atoms with E-state index in [1.54, 1.807) is 6.07 Å². The van der Waals surface area contributed by atoms with E-state index in [2.05, 4.69) is 9.80 Å². The molecule has 3 fully saturated rings. The van der Waals surface area contributed by atoms with Crippen molar-refractivity contribution in [2.24, 2.45) is 5.92 Å². The minimum absolute atomic E-state index is 0.0170. The second kappa shape index (κ2) is 5.90. The first-order valence-electron chi connectivity index (χ1n) is 8.93. The summed E-state index contributed by atoms with van der Waals surface area (Å²) >= 11 is 0. The molecule has 124 valence electrons. The maximum Gasteiger partial charge on any atom is 0.223 e. The Kier molecular flexibility index (Phi) is 3.88. The molecule has 1 unspecified atom stereocenters. The monoisotopic (exact) mass is 316 g/mol. The summed E-state index contributed by atoms with van der Waals surface area (Å²) in [6.07, 6.45) is 6.44. The number of benzene rings is 1. The summed E-state index contributed by atoms with van der Waals surface area (Å²) in [5, 5.41) is 0. The predicted molar refractivity (Wildman–Crippen MR) is 87.3 cm³/mol. The number of carbonyl (C=O) groups excluding carboxylic acids is 1. The fraction of sp³-hybridized carbons (Fsp3) is 0.632. The van der Waals surface area contributed by atoms with E-state index >= 15 is 0 Å². The van der Waals surface area contributed by atoms with E-state index in [4.69, 9.17) is 0 Å². The standard InChI is InChI=1S/C19H25FN2O/c20-17-5-2-1-4-16(17)13-21-11-3-9-19(14-21)10-8-18(23)22(19)12-15-6-7-15/h1-2,4-5,15H,3,6-14H2. The first-order valence-corrected chi connectivity index (χ1v) is 8.93. The smallest absolute Gasteiger partial charge is 0.223 e. The molecule has 0 aromatic heterocycles. The zero-order valence-electron chi connectivity index (χ0n) is 13.6. The summed E-state index contributed by atoms with van der Waals surface area (Å²) in [7, 11) is 0. The van der Waals surface area contributed by atoms with Crippen LogP contribution in [-0.2, 0) is 11.3 Å². The highest BCUT2D eigenvalue weighted by Crippen LogP contribution is 2.41. The van der Waals surface area contributed by atoms with Gasteiger partial charge < -0.3 is 4.90 Å². The van der Waals surface area contributed by atoms with Gasteiger partial charge in [0.2, 0.25) is 5.91 Å². The molecule has 3 aliphatic rings. The first kappa shape index (κ1) is 15.1. The molecule has 4 rings (SSSR count). The fourth-order valence-electron chi connectivity index (χ4n) is 4.36. The number of rotatable bonds is 4. The Morgan fingerprint density at radius 2 is 2.04 bits per heavy atom. The summed E-state index contributed by atoms with van der Waals surface area (Å²) < 4.78 is 13.9. The van der Waals surface area contributed by atoms with Gasteiger partial charge in [0.05, 0.1) is 5.54 Å². The van der Waals surface area contributed by atoms with Gasteiger partial charge in [0.15, 0.2) is 0 Å². The minimum Gasteiger partial charge on any atom is -0.335 e. The van der Waals surface area contributed by atoms with Crippen molar-refractivity contribution >= 4 is 5.91 Å². The van der Waals surface area contributed by atoms with Crippen molar-refractivity contribution < 1.29 is 9.18 Å². The van der Waals surface area contributed by atoms with Crippen LogP contribution >= 0.6 is 0 Å². The molecule has 1 saturated carbocycles. The largest absolute Gasteiger partial charge is 0.335 e. The molecular formula is C19H25FN2O. The van der Waals surface area contributed by atoms with Gasteiger partial charge in [-0.15, -0.1) is 0 Å². The van der Waals surface area contributed by atoms with Gasteiger partial charge in [-0.1, -0.05) is 18.2 Å². The summed E-state index contributed by atoms with van der Waals surface area (Å²) in [5.41, 5.74) is 0.783. The van der Waals surface area contributed by atoms with Gasteiger partial charge in [-0.3, -0.25) is 9.69 Å². The molecule has 0 N–H and O–H groups in total. The van der Waals surface area contributed by atoms with Crippen LogP contribution in [-0.4, -0.2) is 40.9 Å². The molecule has 2 aliphatic heterocycles. The van der Waals surface area contributed by atoms with Gasteiger partial charge in [-0.2, -0.15) is 0 Å². The molecule has 1 aliphatic carbocycles. The second-order valence-corrected chi connectivity index (χ2v) is 7.58. The summed E-state index contributed by atoms with van der Waals surface area (Å²) in [6, 6.07) is 7.05. The number of carbonyl (C=O) groups is 1. The number of likely N-dealkylation sites (tertiary alicyclic amines) is 2. The summed E-state index contributed by atoms with van der Waals surface area (Å²) in [6.45, 7) is 3.51. The van der Waals surface area contributed by atoms with E-state index in [0.717, 1.165) is 50.4 Å². The zero-order chi connectivity index (χ0) is 15.9. The van der Waals surface area contributed by atoms with E-state index in [9.17, 15) is 9.18 Å². The second-order valence-electron chi connectivity index (χ2n) is 7.58. The van der Waals surface area contributed by atoms with Gasteiger partial charge in [0.1, 0.15) is 5.82 Å². The van der Waals surface area contributed by atoms with Crippen LogP contribution in [0.15, 0.2) is 24.3 Å². The first-order chi connectivity index (χ1) is 11.2. The third kappa shape index (κ3) is 3.01. The Morgan fingerprint density at radius 1 is 1.22 bits per heavy atom. The van der Waals surface area contributed by atoms with Crippen molar-refractivity contribution in [1.29, 1.82) is 0 Å². The number of amides is 1. The number of piperidine rings is 1. The van der Waals surface area contributed by atoms with Crippen LogP contribution in [0.5, 0.6) is 0 Å². The van der Waals surface area contributed by atoms with E-state index in [0.29, 0.717) is 18.9 Å². The van der Waals surface area contributed by atoms with Gasteiger partial charge in [-0.05, 0) is 50.6 Å². The molecule has 0 bridgehead atoms. The van der Waals surface area contributed by atoms with E-state index in [1.165, 1.54) is 18.9 Å². The van der Waals surface area contributed by atoms with Gasteiger partial charge >= 0.3 is 0 Å². The number of halogens is 1. The maximum absolute atomic E-state index is 13.9. The molecular weight excluding hydrogens is 291 g/mol.